The van der Waals surface area contributed by atoms with Crippen molar-refractivity contribution in [2.75, 3.05) is 20.2 Å². The Hall–Kier alpha value is -3.11. The van der Waals surface area contributed by atoms with Crippen LogP contribution in [0.3, 0.4) is 0 Å². The van der Waals surface area contributed by atoms with Crippen LogP contribution >= 0.6 is 0 Å². The minimum Gasteiger partial charge on any atom is -0.493 e. The van der Waals surface area contributed by atoms with Gasteiger partial charge in [0, 0.05) is 36.4 Å². The van der Waals surface area contributed by atoms with Crippen molar-refractivity contribution < 1.29 is 14.3 Å². The molecule has 0 amide bonds. The second-order valence-corrected chi connectivity index (χ2v) is 12.0. The van der Waals surface area contributed by atoms with Gasteiger partial charge in [0.15, 0.2) is 11.5 Å². The molecule has 3 atom stereocenters. The van der Waals surface area contributed by atoms with Gasteiger partial charge in [0.25, 0.3) is 0 Å². The van der Waals surface area contributed by atoms with Gasteiger partial charge in [-0.1, -0.05) is 48.5 Å². The minimum atomic E-state index is -0.183. The number of hydrogen-bond donors (Lipinski definition) is 0. The summed E-state index contributed by atoms with van der Waals surface area (Å²) in [6.07, 6.45) is 7.98. The zero-order valence-corrected chi connectivity index (χ0v) is 22.3. The molecule has 38 heavy (non-hydrogen) atoms. The van der Waals surface area contributed by atoms with Gasteiger partial charge >= 0.3 is 0 Å². The van der Waals surface area contributed by atoms with Crippen molar-refractivity contribution in [1.29, 1.82) is 0 Å². The van der Waals surface area contributed by atoms with E-state index in [0.29, 0.717) is 30.6 Å². The number of hydrogen-bond acceptors (Lipinski definition) is 4. The summed E-state index contributed by atoms with van der Waals surface area (Å²) in [6.45, 7) is 2.29. The molecule has 4 aliphatic rings. The summed E-state index contributed by atoms with van der Waals surface area (Å²) < 4.78 is 12.8. The van der Waals surface area contributed by atoms with Crippen LogP contribution < -0.4 is 9.47 Å². The van der Waals surface area contributed by atoms with Crippen molar-refractivity contribution in [1.82, 2.24) is 4.90 Å². The van der Waals surface area contributed by atoms with E-state index in [-0.39, 0.29) is 5.41 Å². The summed E-state index contributed by atoms with van der Waals surface area (Å²) >= 11 is 0. The van der Waals surface area contributed by atoms with Crippen molar-refractivity contribution in [2.45, 2.75) is 62.8 Å². The van der Waals surface area contributed by atoms with Gasteiger partial charge < -0.3 is 9.47 Å². The molecule has 0 unspecified atom stereocenters. The summed E-state index contributed by atoms with van der Waals surface area (Å²) in [5, 5.41) is 0. The molecule has 0 spiro atoms. The number of rotatable bonds is 7. The maximum atomic E-state index is 13.2. The lowest BCUT2D eigenvalue weighted by Gasteiger charge is -2.59. The highest BCUT2D eigenvalue weighted by Gasteiger charge is 2.57. The Morgan fingerprint density at radius 2 is 1.76 bits per heavy atom. The second kappa shape index (κ2) is 9.57. The van der Waals surface area contributed by atoms with Gasteiger partial charge in [-0.15, -0.1) is 0 Å². The van der Waals surface area contributed by atoms with Crippen LogP contribution in [-0.2, 0) is 23.1 Å². The SMILES string of the molecule is COc1cc(Cc2ccccc2)c2c(c1Oc1ccccc1)[C@]13CCN(CC4CC4)[C@H](C2)[C@@H]1CCC(=O)C3. The van der Waals surface area contributed by atoms with Crippen LogP contribution in [0.1, 0.15) is 60.8 Å². The molecule has 4 heteroatoms. The molecule has 2 saturated carbocycles. The van der Waals surface area contributed by atoms with Gasteiger partial charge in [0.1, 0.15) is 11.5 Å². The normalized spacial score (nSPS) is 26.4. The summed E-state index contributed by atoms with van der Waals surface area (Å²) in [6, 6.07) is 23.5. The van der Waals surface area contributed by atoms with E-state index in [1.807, 2.05) is 30.3 Å². The van der Waals surface area contributed by atoms with E-state index >= 15 is 0 Å². The Balaban J connectivity index is 1.43. The molecule has 4 nitrogen and oxygen atoms in total. The van der Waals surface area contributed by atoms with E-state index in [1.54, 1.807) is 7.11 Å². The number of para-hydroxylation sites is 1. The Labute approximate surface area is 226 Å². The number of Topliss-reactive ketones (excluding diaryl/α,β-unsaturated/α-hetero) is 1. The summed E-state index contributed by atoms with van der Waals surface area (Å²) in [4.78, 5) is 16.0. The second-order valence-electron chi connectivity index (χ2n) is 12.0. The third kappa shape index (κ3) is 4.14. The van der Waals surface area contributed by atoms with E-state index in [9.17, 15) is 4.79 Å². The monoisotopic (exact) mass is 507 g/mol. The van der Waals surface area contributed by atoms with Gasteiger partial charge in [-0.3, -0.25) is 9.69 Å². The first kappa shape index (κ1) is 24.0. The molecule has 3 fully saturated rings. The van der Waals surface area contributed by atoms with E-state index in [2.05, 4.69) is 41.3 Å². The van der Waals surface area contributed by atoms with E-state index in [0.717, 1.165) is 55.4 Å². The van der Waals surface area contributed by atoms with Crippen LogP contribution in [0.2, 0.25) is 0 Å². The average molecular weight is 508 g/mol. The molecule has 196 valence electrons. The highest BCUT2D eigenvalue weighted by atomic mass is 16.5. The highest BCUT2D eigenvalue weighted by molar-refractivity contribution is 5.82. The van der Waals surface area contributed by atoms with Crippen molar-refractivity contribution in [2.24, 2.45) is 11.8 Å². The van der Waals surface area contributed by atoms with Crippen LogP contribution in [0, 0.1) is 11.8 Å². The molecule has 2 bridgehead atoms. The molecule has 3 aliphatic carbocycles. The summed E-state index contributed by atoms with van der Waals surface area (Å²) in [5.41, 5.74) is 5.10. The molecule has 3 aromatic rings. The van der Waals surface area contributed by atoms with Crippen molar-refractivity contribution >= 4 is 5.78 Å². The number of methoxy groups -OCH3 is 1. The topological polar surface area (TPSA) is 38.8 Å². The molecule has 7 rings (SSSR count). The van der Waals surface area contributed by atoms with Crippen LogP contribution in [0.4, 0.5) is 0 Å². The molecule has 1 saturated heterocycles. The number of likely N-dealkylation sites (tertiary alicyclic amines) is 1. The number of carbonyl (C=O) groups is 1. The number of carbonyl (C=O) groups excluding carboxylic acids is 1. The van der Waals surface area contributed by atoms with E-state index in [1.165, 1.54) is 41.6 Å². The summed E-state index contributed by atoms with van der Waals surface area (Å²) in [7, 11) is 1.75. The fourth-order valence-corrected chi connectivity index (χ4v) is 7.82. The summed E-state index contributed by atoms with van der Waals surface area (Å²) in [5.74, 6) is 4.18. The zero-order valence-electron chi connectivity index (χ0n) is 22.3. The number of fused-ring (bicyclic) bond motifs is 1. The van der Waals surface area contributed by atoms with Gasteiger partial charge in [-0.2, -0.15) is 0 Å². The van der Waals surface area contributed by atoms with Crippen molar-refractivity contribution in [3.63, 3.8) is 0 Å². The van der Waals surface area contributed by atoms with Crippen LogP contribution in [-0.4, -0.2) is 36.9 Å². The number of ketones is 1. The number of ether oxygens (including phenoxy) is 2. The Bertz CT molecular complexity index is 1330. The lowest BCUT2D eigenvalue weighted by molar-refractivity contribution is -0.127. The quantitative estimate of drug-likeness (QED) is 0.356. The molecule has 0 N–H and O–H groups in total. The maximum Gasteiger partial charge on any atom is 0.173 e. The third-order valence-corrected chi connectivity index (χ3v) is 9.70. The predicted molar refractivity (Wildman–Crippen MR) is 149 cm³/mol. The smallest absolute Gasteiger partial charge is 0.173 e. The van der Waals surface area contributed by atoms with Gasteiger partial charge in [0.05, 0.1) is 7.11 Å². The molecule has 3 aromatic carbocycles. The third-order valence-electron chi connectivity index (χ3n) is 9.70. The Morgan fingerprint density at radius 1 is 1.00 bits per heavy atom. The Morgan fingerprint density at radius 3 is 2.50 bits per heavy atom. The predicted octanol–water partition coefficient (Wildman–Crippen LogP) is 6.73. The standard InChI is InChI=1S/C34H37NO3/c1-37-31-19-25(18-23-8-4-2-5-9-23)28-20-30-29-15-14-26(36)21-34(29,16-17-35(30)22-24-12-13-24)32(28)33(31)38-27-10-6-3-7-11-27/h2-11,19,24,29-30H,12-18,20-22H2,1H3/t29-,30+,34-/m0/s1. The highest BCUT2D eigenvalue weighted by Crippen LogP contribution is 2.60. The molecule has 1 heterocycles. The van der Waals surface area contributed by atoms with Crippen LogP contribution in [0.5, 0.6) is 17.2 Å². The first-order valence-corrected chi connectivity index (χ1v) is 14.4. The Kier molecular flexibility index (Phi) is 6.04. The maximum absolute atomic E-state index is 13.2. The van der Waals surface area contributed by atoms with Gasteiger partial charge in [0.2, 0.25) is 0 Å². The van der Waals surface area contributed by atoms with Gasteiger partial charge in [-0.25, -0.2) is 0 Å². The van der Waals surface area contributed by atoms with Gasteiger partial charge in [-0.05, 0) is 91.8 Å². The lowest BCUT2D eigenvalue weighted by atomic mass is 9.51. The average Bonchev–Trinajstić information content (AvgIpc) is 3.76. The first-order chi connectivity index (χ1) is 18.6. The zero-order chi connectivity index (χ0) is 25.7. The first-order valence-electron chi connectivity index (χ1n) is 14.4. The minimum absolute atomic E-state index is 0.183. The molecular weight excluding hydrogens is 470 g/mol. The fraction of sp³-hybridized carbons (Fsp3) is 0.441. The number of benzene rings is 3. The molecule has 0 aromatic heterocycles. The van der Waals surface area contributed by atoms with Crippen molar-refractivity contribution in [3.05, 3.63) is 89.0 Å². The lowest BCUT2D eigenvalue weighted by Crippen LogP contribution is -2.62. The largest absolute Gasteiger partial charge is 0.493 e. The van der Waals surface area contributed by atoms with E-state index < -0.39 is 0 Å². The molecule has 1 aliphatic heterocycles. The number of piperidine rings is 1. The molecule has 0 radical (unpaired) electrons. The number of nitrogens with zero attached hydrogens (tertiary/aromatic N) is 1. The fourth-order valence-electron chi connectivity index (χ4n) is 7.82. The van der Waals surface area contributed by atoms with Crippen LogP contribution in [0.25, 0.3) is 0 Å². The van der Waals surface area contributed by atoms with Crippen molar-refractivity contribution in [3.8, 4) is 17.2 Å². The van der Waals surface area contributed by atoms with Crippen LogP contribution in [0.15, 0.2) is 66.7 Å². The van der Waals surface area contributed by atoms with E-state index in [4.69, 9.17) is 9.47 Å². The molecular formula is C34H37NO3.